The van der Waals surface area contributed by atoms with Gasteiger partial charge in [-0.05, 0) is 18.5 Å². The summed E-state index contributed by atoms with van der Waals surface area (Å²) in [6.07, 6.45) is 4.00. The van der Waals surface area contributed by atoms with E-state index in [1.54, 1.807) is 7.11 Å². The van der Waals surface area contributed by atoms with Crippen molar-refractivity contribution in [3.05, 3.63) is 0 Å². The fourth-order valence-electron chi connectivity index (χ4n) is 0.760. The Morgan fingerprint density at radius 3 is 2.11 bits per heavy atom. The molecule has 0 bridgehead atoms. The van der Waals surface area contributed by atoms with Gasteiger partial charge < -0.3 is 4.74 Å². The molecule has 0 heterocycles. The van der Waals surface area contributed by atoms with Crippen LogP contribution in [0.1, 0.15) is 13.8 Å². The summed E-state index contributed by atoms with van der Waals surface area (Å²) in [5.41, 5.74) is 0. The highest BCUT2D eigenvalue weighted by Gasteiger charge is 1.99. The normalized spacial score (nSPS) is 10.7. The monoisotopic (exact) mass is 148 g/mol. The first-order valence-electron chi connectivity index (χ1n) is 3.56. The molecule has 0 aromatic heterocycles. The summed E-state index contributed by atoms with van der Waals surface area (Å²) in [5.74, 6) is 0. The number of ether oxygens (including phenoxy) is 1. The third kappa shape index (κ3) is 4.87. The van der Waals surface area contributed by atoms with E-state index in [4.69, 9.17) is 4.74 Å². The lowest BCUT2D eigenvalue weighted by Crippen LogP contribution is -1.97. The van der Waals surface area contributed by atoms with Gasteiger partial charge in [-0.1, -0.05) is 13.8 Å². The van der Waals surface area contributed by atoms with Crippen molar-refractivity contribution in [2.45, 2.75) is 13.8 Å². The van der Waals surface area contributed by atoms with Crippen molar-refractivity contribution in [2.75, 3.05) is 32.2 Å². The molecule has 0 unspecified atom stereocenters. The van der Waals surface area contributed by atoms with Crippen LogP contribution in [0.15, 0.2) is 0 Å². The molecule has 0 aliphatic rings. The Bertz CT molecular complexity index is 52.9. The second-order valence-electron chi connectivity index (χ2n) is 2.02. The van der Waals surface area contributed by atoms with Gasteiger partial charge >= 0.3 is 0 Å². The first-order valence-corrected chi connectivity index (χ1v) is 5.46. The van der Waals surface area contributed by atoms with Crippen LogP contribution >= 0.6 is 7.92 Å². The zero-order valence-electron chi connectivity index (χ0n) is 6.68. The number of hydrogen-bond acceptors (Lipinski definition) is 1. The van der Waals surface area contributed by atoms with Gasteiger partial charge in [-0.15, -0.1) is 7.92 Å². The average molecular weight is 148 g/mol. The summed E-state index contributed by atoms with van der Waals surface area (Å²) < 4.78 is 4.99. The van der Waals surface area contributed by atoms with Gasteiger partial charge in [0.1, 0.15) is 0 Å². The number of rotatable bonds is 5. The van der Waals surface area contributed by atoms with Crippen molar-refractivity contribution in [1.82, 2.24) is 0 Å². The molecule has 9 heavy (non-hydrogen) atoms. The second kappa shape index (κ2) is 6.51. The topological polar surface area (TPSA) is 9.23 Å². The smallest absolute Gasteiger partial charge is 0.0501 e. The lowest BCUT2D eigenvalue weighted by molar-refractivity contribution is 0.218. The summed E-state index contributed by atoms with van der Waals surface area (Å²) in [4.78, 5) is 0. The van der Waals surface area contributed by atoms with Crippen molar-refractivity contribution in [2.24, 2.45) is 0 Å². The largest absolute Gasteiger partial charge is 0.384 e. The van der Waals surface area contributed by atoms with Gasteiger partial charge in [-0.2, -0.15) is 0 Å². The molecule has 0 radical (unpaired) electrons. The van der Waals surface area contributed by atoms with Crippen molar-refractivity contribution in [3.8, 4) is 0 Å². The fourth-order valence-corrected chi connectivity index (χ4v) is 2.28. The van der Waals surface area contributed by atoms with Crippen LogP contribution in [0.5, 0.6) is 0 Å². The quantitative estimate of drug-likeness (QED) is 0.543. The van der Waals surface area contributed by atoms with Crippen molar-refractivity contribution in [3.63, 3.8) is 0 Å². The Morgan fingerprint density at radius 2 is 1.78 bits per heavy atom. The van der Waals surface area contributed by atoms with Gasteiger partial charge in [0.25, 0.3) is 0 Å². The number of methoxy groups -OCH3 is 1. The maximum Gasteiger partial charge on any atom is 0.0501 e. The minimum atomic E-state index is 0.313. The molecule has 0 aromatic carbocycles. The predicted molar refractivity (Wildman–Crippen MR) is 44.7 cm³/mol. The minimum Gasteiger partial charge on any atom is -0.384 e. The van der Waals surface area contributed by atoms with Gasteiger partial charge in [0.05, 0.1) is 6.61 Å². The van der Waals surface area contributed by atoms with E-state index in [0.717, 1.165) is 6.61 Å². The molecule has 56 valence electrons. The molecule has 0 saturated carbocycles. The Labute approximate surface area is 59.5 Å². The van der Waals surface area contributed by atoms with E-state index < -0.39 is 0 Å². The zero-order valence-corrected chi connectivity index (χ0v) is 7.58. The standard InChI is InChI=1S/C7H17OP/c1-4-9(5-2)7-6-8-3/h4-7H2,1-3H3. The fraction of sp³-hybridized carbons (Fsp3) is 1.00. The van der Waals surface area contributed by atoms with E-state index in [9.17, 15) is 0 Å². The SMILES string of the molecule is CCP(CC)CCOC. The van der Waals surface area contributed by atoms with Crippen LogP contribution in [0, 0.1) is 0 Å². The van der Waals surface area contributed by atoms with E-state index in [1.807, 2.05) is 0 Å². The van der Waals surface area contributed by atoms with E-state index in [0.29, 0.717) is 7.92 Å². The Kier molecular flexibility index (Phi) is 6.79. The van der Waals surface area contributed by atoms with E-state index in [1.165, 1.54) is 18.5 Å². The molecule has 0 fully saturated rings. The highest BCUT2D eigenvalue weighted by molar-refractivity contribution is 7.57. The average Bonchev–Trinajstić information content (AvgIpc) is 1.91. The second-order valence-corrected chi connectivity index (χ2v) is 5.07. The highest BCUT2D eigenvalue weighted by Crippen LogP contribution is 2.32. The zero-order chi connectivity index (χ0) is 7.11. The third-order valence-corrected chi connectivity index (χ3v) is 4.11. The summed E-state index contributed by atoms with van der Waals surface area (Å²) in [6, 6.07) is 0. The molecule has 0 rings (SSSR count). The van der Waals surface area contributed by atoms with E-state index >= 15 is 0 Å². The van der Waals surface area contributed by atoms with Gasteiger partial charge in [0.15, 0.2) is 0 Å². The molecule has 0 aliphatic carbocycles. The van der Waals surface area contributed by atoms with E-state index in [2.05, 4.69) is 13.8 Å². The van der Waals surface area contributed by atoms with Crippen LogP contribution in [-0.4, -0.2) is 32.2 Å². The van der Waals surface area contributed by atoms with Gasteiger partial charge in [-0.3, -0.25) is 0 Å². The van der Waals surface area contributed by atoms with Gasteiger partial charge in [0, 0.05) is 7.11 Å². The first-order chi connectivity index (χ1) is 4.35. The molecule has 2 heteroatoms. The summed E-state index contributed by atoms with van der Waals surface area (Å²) >= 11 is 0. The van der Waals surface area contributed by atoms with Crippen LogP contribution in [0.25, 0.3) is 0 Å². The molecule has 0 aromatic rings. The van der Waals surface area contributed by atoms with Crippen LogP contribution in [0.4, 0.5) is 0 Å². The molecule has 0 amide bonds. The summed E-state index contributed by atoms with van der Waals surface area (Å²) in [6.45, 7) is 5.49. The molecule has 1 nitrogen and oxygen atoms in total. The first kappa shape index (κ1) is 9.39. The molecule has 0 aliphatic heterocycles. The predicted octanol–water partition coefficient (Wildman–Crippen LogP) is 2.15. The van der Waals surface area contributed by atoms with Crippen LogP contribution in [0.2, 0.25) is 0 Å². The van der Waals surface area contributed by atoms with Crippen LogP contribution in [-0.2, 0) is 4.74 Å². The Morgan fingerprint density at radius 1 is 1.22 bits per heavy atom. The lowest BCUT2D eigenvalue weighted by Gasteiger charge is -2.10. The summed E-state index contributed by atoms with van der Waals surface area (Å²) in [5, 5.41) is 0. The molecule has 0 saturated heterocycles. The van der Waals surface area contributed by atoms with Crippen molar-refractivity contribution < 1.29 is 4.74 Å². The highest BCUT2D eigenvalue weighted by atomic mass is 31.1. The van der Waals surface area contributed by atoms with E-state index in [-0.39, 0.29) is 0 Å². The summed E-state index contributed by atoms with van der Waals surface area (Å²) in [7, 11) is 2.09. The maximum atomic E-state index is 4.99. The lowest BCUT2D eigenvalue weighted by atomic mass is 10.9. The minimum absolute atomic E-state index is 0.313. The van der Waals surface area contributed by atoms with Crippen LogP contribution < -0.4 is 0 Å². The van der Waals surface area contributed by atoms with Gasteiger partial charge in [0.2, 0.25) is 0 Å². The number of hydrogen-bond donors (Lipinski definition) is 0. The van der Waals surface area contributed by atoms with Crippen molar-refractivity contribution in [1.29, 1.82) is 0 Å². The van der Waals surface area contributed by atoms with Crippen LogP contribution in [0.3, 0.4) is 0 Å². The molecular weight excluding hydrogens is 131 g/mol. The molecule has 0 N–H and O–H groups in total. The molecule has 0 atom stereocenters. The molecular formula is C7H17OP. The third-order valence-electron chi connectivity index (χ3n) is 1.51. The molecule has 0 spiro atoms. The Balaban J connectivity index is 3.09. The maximum absolute atomic E-state index is 4.99. The van der Waals surface area contributed by atoms with Crippen molar-refractivity contribution >= 4 is 7.92 Å². The Hall–Kier alpha value is 0.390. The van der Waals surface area contributed by atoms with Gasteiger partial charge in [-0.25, -0.2) is 0 Å².